The van der Waals surface area contributed by atoms with Crippen molar-refractivity contribution in [1.29, 1.82) is 0 Å². The lowest BCUT2D eigenvalue weighted by Gasteiger charge is -2.38. The fourth-order valence-corrected chi connectivity index (χ4v) is 5.76. The number of hydrogen-bond donors (Lipinski definition) is 2. The molecule has 234 valence electrons. The van der Waals surface area contributed by atoms with Gasteiger partial charge in [-0.1, -0.05) is 77.3 Å². The predicted octanol–water partition coefficient (Wildman–Crippen LogP) is 6.55. The van der Waals surface area contributed by atoms with Gasteiger partial charge in [-0.25, -0.2) is 4.79 Å². The van der Waals surface area contributed by atoms with Crippen LogP contribution in [0.25, 0.3) is 0 Å². The van der Waals surface area contributed by atoms with Crippen molar-refractivity contribution in [2.75, 3.05) is 11.9 Å². The molecule has 1 aliphatic carbocycles. The molecule has 1 heterocycles. The first-order valence-corrected chi connectivity index (χ1v) is 14.6. The van der Waals surface area contributed by atoms with E-state index in [1.807, 2.05) is 45.9 Å². The summed E-state index contributed by atoms with van der Waals surface area (Å²) >= 11 is 0. The Balaban J connectivity index is 0.00000119. The Kier molecular flexibility index (Phi) is 10.6. The van der Waals surface area contributed by atoms with Gasteiger partial charge in [-0.05, 0) is 53.5 Å². The lowest BCUT2D eigenvalue weighted by atomic mass is 9.80. The van der Waals surface area contributed by atoms with Crippen LogP contribution in [0.15, 0.2) is 42.5 Å². The molecule has 0 bridgehead atoms. The molecule has 1 saturated carbocycles. The van der Waals surface area contributed by atoms with Gasteiger partial charge in [0.1, 0.15) is 12.1 Å². The number of urea groups is 1. The maximum atomic E-state index is 13.8. The fraction of sp³-hybridized carbons (Fsp3) is 0.500. The molecule has 8 nitrogen and oxygen atoms in total. The van der Waals surface area contributed by atoms with E-state index in [0.717, 1.165) is 47.4 Å². The molecule has 2 fully saturated rings. The summed E-state index contributed by atoms with van der Waals surface area (Å²) in [5, 5.41) is 2.98. The molecule has 4 rings (SSSR count). The van der Waals surface area contributed by atoms with Crippen LogP contribution in [0, 0.1) is 0 Å². The van der Waals surface area contributed by atoms with Crippen LogP contribution in [-0.2, 0) is 27.1 Å². The minimum Gasteiger partial charge on any atom is -0.370 e. The lowest BCUT2D eigenvalue weighted by Crippen LogP contribution is -2.50. The van der Waals surface area contributed by atoms with Crippen LogP contribution in [0.2, 0.25) is 0 Å². The first-order chi connectivity index (χ1) is 20.1. The van der Waals surface area contributed by atoms with Gasteiger partial charge in [0.05, 0.1) is 5.56 Å². The number of hydrogen-bond acceptors (Lipinski definition) is 4. The van der Waals surface area contributed by atoms with Crippen molar-refractivity contribution in [2.45, 2.75) is 96.8 Å². The van der Waals surface area contributed by atoms with Gasteiger partial charge in [-0.15, -0.1) is 0 Å². The smallest absolute Gasteiger partial charge is 0.370 e. The minimum atomic E-state index is -4.46. The molecular weight excluding hydrogens is 561 g/mol. The first kappa shape index (κ1) is 33.6. The highest BCUT2D eigenvalue weighted by Gasteiger charge is 2.57. The molecular formula is C32H41F3N4O4. The number of para-hydroxylation sites is 1. The van der Waals surface area contributed by atoms with Gasteiger partial charge in [-0.2, -0.15) is 13.2 Å². The summed E-state index contributed by atoms with van der Waals surface area (Å²) in [6.45, 7) is 9.02. The van der Waals surface area contributed by atoms with Gasteiger partial charge in [0.15, 0.2) is 0 Å². The van der Waals surface area contributed by atoms with E-state index in [1.54, 1.807) is 0 Å². The van der Waals surface area contributed by atoms with E-state index in [0.29, 0.717) is 24.1 Å². The fourth-order valence-electron chi connectivity index (χ4n) is 5.76. The summed E-state index contributed by atoms with van der Waals surface area (Å²) in [6.07, 6.45) is -1.10. The Morgan fingerprint density at radius 2 is 1.44 bits per heavy atom. The molecule has 1 saturated heterocycles. The molecule has 3 N–H and O–H groups in total. The first-order valence-electron chi connectivity index (χ1n) is 14.6. The summed E-state index contributed by atoms with van der Waals surface area (Å²) in [5.74, 6) is -0.901. The van der Waals surface area contributed by atoms with Crippen molar-refractivity contribution in [3.63, 3.8) is 0 Å². The van der Waals surface area contributed by atoms with Crippen LogP contribution in [-0.4, -0.2) is 45.6 Å². The van der Waals surface area contributed by atoms with Crippen LogP contribution >= 0.6 is 0 Å². The normalized spacial score (nSPS) is 16.5. The molecule has 43 heavy (non-hydrogen) atoms. The number of nitrogens with zero attached hydrogens (tertiary/aromatic N) is 2. The number of rotatable bonds is 7. The number of anilines is 1. The molecule has 5 amide bonds. The number of carbonyl (C=O) groups excluding carboxylic acids is 4. The van der Waals surface area contributed by atoms with Crippen LogP contribution in [0.3, 0.4) is 0 Å². The second-order valence-corrected chi connectivity index (χ2v) is 11.8. The summed E-state index contributed by atoms with van der Waals surface area (Å²) < 4.78 is 39.1. The highest BCUT2D eigenvalue weighted by molar-refractivity contribution is 6.10. The Labute approximate surface area is 250 Å². The molecule has 2 aliphatic rings. The maximum Gasteiger partial charge on any atom is 0.416 e. The highest BCUT2D eigenvalue weighted by Crippen LogP contribution is 2.42. The quantitative estimate of drug-likeness (QED) is 0.350. The number of primary amides is 1. The molecule has 1 spiro atoms. The van der Waals surface area contributed by atoms with Gasteiger partial charge < -0.3 is 16.0 Å². The van der Waals surface area contributed by atoms with Crippen LogP contribution in [0.4, 0.5) is 23.7 Å². The third-order valence-electron chi connectivity index (χ3n) is 7.86. The third-order valence-corrected chi connectivity index (χ3v) is 7.86. The van der Waals surface area contributed by atoms with Gasteiger partial charge in [0, 0.05) is 19.2 Å². The standard InChI is InChI=1S/C30H36F3N3O3.C2H5NO/c1-19(2)23-9-8-10-24(20(3)4)26(23)34-25(37)18-35-27(38)29(15-6-5-7-16-29)36(28(35)39)17-21-11-13-22(14-12-21)30(31,32)33;1-2(3)4/h8-14,19-20H,5-7,15-18H2,1-4H3,(H,34,37);1H3,(H2,3,4). The number of halogens is 3. The average Bonchev–Trinajstić information content (AvgIpc) is 3.09. The topological polar surface area (TPSA) is 113 Å². The van der Waals surface area contributed by atoms with Crippen molar-refractivity contribution in [1.82, 2.24) is 9.80 Å². The van der Waals surface area contributed by atoms with E-state index in [1.165, 1.54) is 24.0 Å². The number of benzene rings is 2. The Morgan fingerprint density at radius 1 is 0.930 bits per heavy atom. The Morgan fingerprint density at radius 3 is 1.91 bits per heavy atom. The zero-order valence-corrected chi connectivity index (χ0v) is 25.4. The largest absolute Gasteiger partial charge is 0.416 e. The molecule has 1 aliphatic heterocycles. The molecule has 2 aromatic carbocycles. The number of nitrogens with two attached hydrogens (primary N) is 1. The summed E-state index contributed by atoms with van der Waals surface area (Å²) in [6, 6.07) is 9.93. The summed E-state index contributed by atoms with van der Waals surface area (Å²) in [7, 11) is 0. The van der Waals surface area contributed by atoms with Gasteiger partial charge in [0.25, 0.3) is 5.91 Å². The Bertz CT molecular complexity index is 1300. The minimum absolute atomic E-state index is 0.00545. The van der Waals surface area contributed by atoms with E-state index in [2.05, 4.69) is 11.1 Å². The van der Waals surface area contributed by atoms with Crippen molar-refractivity contribution >= 4 is 29.4 Å². The molecule has 0 unspecified atom stereocenters. The second-order valence-electron chi connectivity index (χ2n) is 11.8. The number of nitrogens with one attached hydrogen (secondary N) is 1. The zero-order chi connectivity index (χ0) is 32.1. The predicted molar refractivity (Wildman–Crippen MR) is 158 cm³/mol. The van der Waals surface area contributed by atoms with Gasteiger partial charge in [-0.3, -0.25) is 19.3 Å². The third kappa shape index (κ3) is 7.74. The van der Waals surface area contributed by atoms with E-state index < -0.39 is 41.7 Å². The maximum absolute atomic E-state index is 13.8. The number of imide groups is 1. The molecule has 0 atom stereocenters. The Hall–Kier alpha value is -3.89. The van der Waals surface area contributed by atoms with Crippen LogP contribution in [0.1, 0.15) is 101 Å². The van der Waals surface area contributed by atoms with Gasteiger partial charge in [0.2, 0.25) is 11.8 Å². The van der Waals surface area contributed by atoms with Crippen molar-refractivity contribution in [3.05, 3.63) is 64.7 Å². The summed E-state index contributed by atoms with van der Waals surface area (Å²) in [5.41, 5.74) is 5.76. The van der Waals surface area contributed by atoms with E-state index in [4.69, 9.17) is 0 Å². The van der Waals surface area contributed by atoms with Crippen molar-refractivity contribution in [2.24, 2.45) is 5.73 Å². The average molecular weight is 603 g/mol. The van der Waals surface area contributed by atoms with Gasteiger partial charge >= 0.3 is 12.2 Å². The van der Waals surface area contributed by atoms with Crippen molar-refractivity contribution < 1.29 is 32.3 Å². The van der Waals surface area contributed by atoms with E-state index in [-0.39, 0.29) is 24.3 Å². The van der Waals surface area contributed by atoms with E-state index >= 15 is 0 Å². The molecule has 0 radical (unpaired) electrons. The number of amides is 5. The lowest BCUT2D eigenvalue weighted by molar-refractivity contribution is -0.137. The SMILES string of the molecule is CC(C)c1cccc(C(C)C)c1NC(=O)CN1C(=O)N(Cc2ccc(C(F)(F)F)cc2)C2(CCCCC2)C1=O.CC(N)=O. The van der Waals surface area contributed by atoms with Crippen LogP contribution < -0.4 is 11.1 Å². The zero-order valence-electron chi connectivity index (χ0n) is 25.4. The molecule has 0 aromatic heterocycles. The van der Waals surface area contributed by atoms with E-state index in [9.17, 15) is 32.3 Å². The second kappa shape index (κ2) is 13.6. The van der Waals surface area contributed by atoms with Crippen molar-refractivity contribution in [3.8, 4) is 0 Å². The number of carbonyl (C=O) groups is 4. The summed E-state index contributed by atoms with van der Waals surface area (Å²) in [4.78, 5) is 52.4. The monoisotopic (exact) mass is 602 g/mol. The van der Waals surface area contributed by atoms with Crippen LogP contribution in [0.5, 0.6) is 0 Å². The highest BCUT2D eigenvalue weighted by atomic mass is 19.4. The molecule has 11 heteroatoms. The molecule has 2 aromatic rings. The number of alkyl halides is 3.